The van der Waals surface area contributed by atoms with E-state index >= 15 is 0 Å². The molecule has 0 unspecified atom stereocenters. The van der Waals surface area contributed by atoms with Crippen molar-refractivity contribution in [3.8, 4) is 6.07 Å². The first-order valence-corrected chi connectivity index (χ1v) is 10.6. The fourth-order valence-corrected chi connectivity index (χ4v) is 4.85. The molecule has 3 heterocycles. The fraction of sp³-hybridized carbons (Fsp3) is 0.333. The molecule has 1 aromatic carbocycles. The topological polar surface area (TPSA) is 111 Å². The van der Waals surface area contributed by atoms with Gasteiger partial charge in [-0.2, -0.15) is 5.26 Å². The fourth-order valence-electron chi connectivity index (χ4n) is 3.86. The highest BCUT2D eigenvalue weighted by molar-refractivity contribution is 7.22. The van der Waals surface area contributed by atoms with Gasteiger partial charge in [-0.3, -0.25) is 0 Å². The summed E-state index contributed by atoms with van der Waals surface area (Å²) in [5.74, 6) is 0.815. The van der Waals surface area contributed by atoms with Crippen LogP contribution in [0.3, 0.4) is 0 Å². The molecular formula is C21H20N6OS. The molecule has 0 aliphatic heterocycles. The van der Waals surface area contributed by atoms with Crippen LogP contribution in [0.15, 0.2) is 30.5 Å². The Hall–Kier alpha value is -3.02. The zero-order valence-corrected chi connectivity index (χ0v) is 16.5. The SMILES string of the molecule is N#Cc1cnc2[nH]c(Cc3ccc4nc(N[C@@H]5CCCC[C@H]5O)sc4c3)nc2c1. The van der Waals surface area contributed by atoms with Gasteiger partial charge in [0, 0.05) is 12.6 Å². The lowest BCUT2D eigenvalue weighted by atomic mass is 9.93. The number of benzene rings is 1. The van der Waals surface area contributed by atoms with Crippen molar-refractivity contribution in [3.05, 3.63) is 47.4 Å². The highest BCUT2D eigenvalue weighted by Gasteiger charge is 2.23. The molecule has 1 aliphatic carbocycles. The lowest BCUT2D eigenvalue weighted by Gasteiger charge is -2.27. The van der Waals surface area contributed by atoms with Crippen molar-refractivity contribution < 1.29 is 5.11 Å². The van der Waals surface area contributed by atoms with Crippen molar-refractivity contribution in [2.75, 3.05) is 5.32 Å². The van der Waals surface area contributed by atoms with Crippen molar-refractivity contribution in [1.29, 1.82) is 5.26 Å². The Morgan fingerprint density at radius 3 is 2.97 bits per heavy atom. The summed E-state index contributed by atoms with van der Waals surface area (Å²) >= 11 is 1.62. The maximum absolute atomic E-state index is 10.2. The number of nitrogens with zero attached hydrogens (tertiary/aromatic N) is 4. The highest BCUT2D eigenvalue weighted by Crippen LogP contribution is 2.30. The van der Waals surface area contributed by atoms with E-state index in [0.29, 0.717) is 23.1 Å². The summed E-state index contributed by atoms with van der Waals surface area (Å²) in [4.78, 5) is 16.7. The van der Waals surface area contributed by atoms with Crippen molar-refractivity contribution in [2.45, 2.75) is 44.2 Å². The van der Waals surface area contributed by atoms with Gasteiger partial charge in [0.05, 0.1) is 27.9 Å². The lowest BCUT2D eigenvalue weighted by molar-refractivity contribution is 0.116. The van der Waals surface area contributed by atoms with E-state index in [1.165, 1.54) is 0 Å². The number of aliphatic hydroxyl groups is 1. The van der Waals surface area contributed by atoms with Crippen molar-refractivity contribution in [1.82, 2.24) is 19.9 Å². The number of nitrogens with one attached hydrogen (secondary N) is 2. The first-order valence-electron chi connectivity index (χ1n) is 9.77. The Morgan fingerprint density at radius 1 is 1.21 bits per heavy atom. The molecule has 2 atom stereocenters. The molecule has 4 aromatic rings. The smallest absolute Gasteiger partial charge is 0.184 e. The Bertz CT molecular complexity index is 1220. The number of rotatable bonds is 4. The summed E-state index contributed by atoms with van der Waals surface area (Å²) in [5, 5.41) is 23.5. The summed E-state index contributed by atoms with van der Waals surface area (Å²) in [6, 6.07) is 10.1. The first-order chi connectivity index (χ1) is 14.2. The predicted octanol–water partition coefficient (Wildman–Crippen LogP) is 3.75. The molecule has 146 valence electrons. The highest BCUT2D eigenvalue weighted by atomic mass is 32.1. The summed E-state index contributed by atoms with van der Waals surface area (Å²) in [6.07, 6.45) is 5.98. The molecular weight excluding hydrogens is 384 g/mol. The van der Waals surface area contributed by atoms with Gasteiger partial charge >= 0.3 is 0 Å². The average Bonchev–Trinajstić information content (AvgIpc) is 3.31. The number of imidazole rings is 1. The van der Waals surface area contributed by atoms with Crippen LogP contribution in [-0.2, 0) is 6.42 Å². The number of nitriles is 1. The van der Waals surface area contributed by atoms with E-state index in [1.54, 1.807) is 23.6 Å². The molecule has 3 N–H and O–H groups in total. The molecule has 1 aliphatic rings. The molecule has 0 amide bonds. The van der Waals surface area contributed by atoms with Gasteiger partial charge < -0.3 is 15.4 Å². The Balaban J connectivity index is 1.36. The van der Waals surface area contributed by atoms with Crippen LogP contribution >= 0.6 is 11.3 Å². The number of H-pyrrole nitrogens is 1. The minimum atomic E-state index is -0.297. The van der Waals surface area contributed by atoms with Gasteiger partial charge in [0.25, 0.3) is 0 Å². The summed E-state index contributed by atoms with van der Waals surface area (Å²) < 4.78 is 1.11. The third kappa shape index (κ3) is 3.67. The van der Waals surface area contributed by atoms with Crippen LogP contribution < -0.4 is 5.32 Å². The van der Waals surface area contributed by atoms with E-state index < -0.39 is 0 Å². The van der Waals surface area contributed by atoms with Crippen molar-refractivity contribution in [3.63, 3.8) is 0 Å². The minimum Gasteiger partial charge on any atom is -0.391 e. The molecule has 0 saturated heterocycles. The number of pyridine rings is 1. The molecule has 5 rings (SSSR count). The zero-order valence-electron chi connectivity index (χ0n) is 15.7. The largest absolute Gasteiger partial charge is 0.391 e. The van der Waals surface area contributed by atoms with E-state index in [9.17, 15) is 5.11 Å². The second kappa shape index (κ2) is 7.43. The lowest BCUT2D eigenvalue weighted by Crippen LogP contribution is -2.36. The molecule has 3 aromatic heterocycles. The van der Waals surface area contributed by atoms with Crippen LogP contribution in [0.5, 0.6) is 0 Å². The van der Waals surface area contributed by atoms with Crippen LogP contribution in [0.1, 0.15) is 42.6 Å². The summed E-state index contributed by atoms with van der Waals surface area (Å²) in [5.41, 5.74) is 3.98. The standard InChI is InChI=1S/C21H20N6OS/c22-10-13-7-16-20(23-11-13)27-19(24-16)9-12-5-6-15-18(8-12)29-21(26-15)25-14-3-1-2-4-17(14)28/h5-8,11,14,17,28H,1-4,9H2,(H,25,26)(H,23,24,27)/t14-,17-/m1/s1. The number of fused-ring (bicyclic) bond motifs is 2. The van der Waals surface area contributed by atoms with E-state index in [0.717, 1.165) is 52.4 Å². The maximum Gasteiger partial charge on any atom is 0.184 e. The van der Waals surface area contributed by atoms with Crippen molar-refractivity contribution in [2.24, 2.45) is 0 Å². The first kappa shape index (κ1) is 18.0. The summed E-state index contributed by atoms with van der Waals surface area (Å²) in [6.45, 7) is 0. The van der Waals surface area contributed by atoms with E-state index in [4.69, 9.17) is 5.26 Å². The molecule has 1 fully saturated rings. The number of hydrogen-bond acceptors (Lipinski definition) is 7. The number of aliphatic hydroxyl groups excluding tert-OH is 1. The normalized spacial score (nSPS) is 19.4. The van der Waals surface area contributed by atoms with Gasteiger partial charge in [0.1, 0.15) is 17.4 Å². The average molecular weight is 404 g/mol. The number of aromatic amines is 1. The zero-order chi connectivity index (χ0) is 19.8. The Morgan fingerprint density at radius 2 is 2.10 bits per heavy atom. The number of hydrogen-bond donors (Lipinski definition) is 3. The van der Waals surface area contributed by atoms with E-state index in [1.807, 2.05) is 6.07 Å². The molecule has 0 radical (unpaired) electrons. The van der Waals surface area contributed by atoms with E-state index in [2.05, 4.69) is 43.5 Å². The minimum absolute atomic E-state index is 0.0881. The Kier molecular flexibility index (Phi) is 4.62. The monoisotopic (exact) mass is 404 g/mol. The predicted molar refractivity (Wildman–Crippen MR) is 113 cm³/mol. The van der Waals surface area contributed by atoms with Crippen LogP contribution in [0.2, 0.25) is 0 Å². The summed E-state index contributed by atoms with van der Waals surface area (Å²) in [7, 11) is 0. The van der Waals surface area contributed by atoms with Crippen LogP contribution in [0.25, 0.3) is 21.4 Å². The molecule has 0 spiro atoms. The van der Waals surface area contributed by atoms with Gasteiger partial charge in [0.15, 0.2) is 10.8 Å². The third-order valence-electron chi connectivity index (χ3n) is 5.38. The number of thiazole rings is 1. The van der Waals surface area contributed by atoms with Gasteiger partial charge in [0.2, 0.25) is 0 Å². The van der Waals surface area contributed by atoms with E-state index in [-0.39, 0.29) is 12.1 Å². The van der Waals surface area contributed by atoms with Gasteiger partial charge in [-0.1, -0.05) is 30.2 Å². The van der Waals surface area contributed by atoms with Crippen molar-refractivity contribution >= 4 is 37.8 Å². The number of aromatic nitrogens is 4. The van der Waals surface area contributed by atoms with Crippen LogP contribution in [0.4, 0.5) is 5.13 Å². The maximum atomic E-state index is 10.2. The third-order valence-corrected chi connectivity index (χ3v) is 6.33. The van der Waals surface area contributed by atoms with Gasteiger partial charge in [-0.15, -0.1) is 0 Å². The molecule has 7 nitrogen and oxygen atoms in total. The molecule has 29 heavy (non-hydrogen) atoms. The quantitative estimate of drug-likeness (QED) is 0.478. The second-order valence-electron chi connectivity index (χ2n) is 7.49. The van der Waals surface area contributed by atoms with Crippen LogP contribution in [-0.4, -0.2) is 37.2 Å². The second-order valence-corrected chi connectivity index (χ2v) is 8.52. The molecule has 8 heteroatoms. The molecule has 0 bridgehead atoms. The number of anilines is 1. The Labute approximate surface area is 171 Å². The van der Waals surface area contributed by atoms with Gasteiger partial charge in [-0.25, -0.2) is 15.0 Å². The molecule has 1 saturated carbocycles. The van der Waals surface area contributed by atoms with Gasteiger partial charge in [-0.05, 0) is 36.6 Å². The van der Waals surface area contributed by atoms with Crippen LogP contribution in [0, 0.1) is 11.3 Å².